The smallest absolute Gasteiger partial charge is 0.343 e. The number of ether oxygens (including phenoxy) is 4. The molecule has 0 radical (unpaired) electrons. The maximum Gasteiger partial charge on any atom is 0.343 e. The second kappa shape index (κ2) is 16.2. The predicted octanol–water partition coefficient (Wildman–Crippen LogP) is 10.6. The molecule has 0 saturated heterocycles. The van der Waals surface area contributed by atoms with Gasteiger partial charge in [0.1, 0.15) is 23.4 Å². The van der Waals surface area contributed by atoms with Gasteiger partial charge >= 0.3 is 17.9 Å². The number of carbonyl (C=O) groups is 3. The molecule has 0 amide bonds. The molecule has 3 fully saturated rings. The quantitative estimate of drug-likeness (QED) is 0.116. The van der Waals surface area contributed by atoms with Crippen LogP contribution in [0, 0.1) is 46.3 Å². The van der Waals surface area contributed by atoms with Crippen LogP contribution in [-0.4, -0.2) is 31.1 Å². The van der Waals surface area contributed by atoms with Crippen molar-refractivity contribution < 1.29 is 33.3 Å². The first-order valence-electron chi connectivity index (χ1n) is 20.0. The number of allylic oxidation sites excluding steroid dienone is 1. The summed E-state index contributed by atoms with van der Waals surface area (Å²) in [6.07, 6.45) is 15.8. The summed E-state index contributed by atoms with van der Waals surface area (Å²) in [5, 5.41) is 0. The third-order valence-corrected chi connectivity index (χ3v) is 13.7. The van der Waals surface area contributed by atoms with Gasteiger partial charge in [0.2, 0.25) is 0 Å². The van der Waals surface area contributed by atoms with Gasteiger partial charge in [0, 0.05) is 6.42 Å². The van der Waals surface area contributed by atoms with Crippen LogP contribution in [0.15, 0.2) is 60.2 Å². The molecule has 4 aliphatic rings. The minimum absolute atomic E-state index is 0.0278. The van der Waals surface area contributed by atoms with Gasteiger partial charge in [-0.15, -0.1) is 0 Å². The van der Waals surface area contributed by atoms with E-state index in [4.69, 9.17) is 18.9 Å². The standard InChI is InChI=1S/C45H60O7/c1-29(2)8-7-9-30(3)38-20-21-39-37-19-12-32-28-36(24-26-44(32,4)40(37)25-27-45(38,39)5)51-42(47)23-22-41(46)50-34-13-10-31(11-14-34)43(48)52-35-17-15-33(49-6)16-18-35/h10-18,29-30,36-40H,7-9,19-28H2,1-6H3/t30-,36+,37+,38-,39+,40+,44+,45-/m1/s1. The average Bonchev–Trinajstić information content (AvgIpc) is 3.48. The van der Waals surface area contributed by atoms with Crippen molar-refractivity contribution >= 4 is 17.9 Å². The molecule has 282 valence electrons. The van der Waals surface area contributed by atoms with E-state index in [1.165, 1.54) is 81.2 Å². The largest absolute Gasteiger partial charge is 0.497 e. The van der Waals surface area contributed by atoms with E-state index in [-0.39, 0.29) is 30.3 Å². The Labute approximate surface area is 311 Å². The first-order chi connectivity index (χ1) is 24.9. The molecule has 2 aromatic rings. The van der Waals surface area contributed by atoms with Crippen LogP contribution < -0.4 is 14.2 Å². The highest BCUT2D eigenvalue weighted by Crippen LogP contribution is 2.67. The third kappa shape index (κ3) is 8.29. The summed E-state index contributed by atoms with van der Waals surface area (Å²) in [5.41, 5.74) is 2.48. The summed E-state index contributed by atoms with van der Waals surface area (Å²) in [6, 6.07) is 12.9. The van der Waals surface area contributed by atoms with Crippen LogP contribution in [0.4, 0.5) is 0 Å². The zero-order chi connectivity index (χ0) is 37.0. The number of hydrogen-bond donors (Lipinski definition) is 0. The SMILES string of the molecule is COc1ccc(OC(=O)c2ccc(OC(=O)CCC(=O)O[C@H]3CC[C@@]4(C)C(=CC[C@H]5[C@@H]6CC[C@H]([C@H](C)CCCC(C)C)[C@@]6(C)CC[C@@H]54)C3)cc2)cc1. The van der Waals surface area contributed by atoms with Gasteiger partial charge in [-0.3, -0.25) is 9.59 Å². The number of carbonyl (C=O) groups excluding carboxylic acids is 3. The van der Waals surface area contributed by atoms with Gasteiger partial charge in [-0.25, -0.2) is 4.79 Å². The summed E-state index contributed by atoms with van der Waals surface area (Å²) in [4.78, 5) is 38.0. The van der Waals surface area contributed by atoms with Gasteiger partial charge in [-0.2, -0.15) is 0 Å². The maximum absolute atomic E-state index is 12.9. The Kier molecular flexibility index (Phi) is 11.9. The summed E-state index contributed by atoms with van der Waals surface area (Å²) in [7, 11) is 1.57. The van der Waals surface area contributed by atoms with Gasteiger partial charge in [0.15, 0.2) is 0 Å². The van der Waals surface area contributed by atoms with E-state index in [1.807, 2.05) is 0 Å². The molecule has 0 aromatic heterocycles. The van der Waals surface area contributed by atoms with Gasteiger partial charge in [-0.1, -0.05) is 65.5 Å². The first-order valence-corrected chi connectivity index (χ1v) is 20.0. The van der Waals surface area contributed by atoms with E-state index in [0.717, 1.165) is 54.8 Å². The second-order valence-corrected chi connectivity index (χ2v) is 17.2. The highest BCUT2D eigenvalue weighted by Gasteiger charge is 2.59. The van der Waals surface area contributed by atoms with Crippen LogP contribution in [0.5, 0.6) is 17.2 Å². The fourth-order valence-electron chi connectivity index (χ4n) is 10.9. The summed E-state index contributed by atoms with van der Waals surface area (Å²) in [5.74, 6) is 4.74. The Hall–Kier alpha value is -3.61. The monoisotopic (exact) mass is 712 g/mol. The predicted molar refractivity (Wildman–Crippen MR) is 202 cm³/mol. The average molecular weight is 713 g/mol. The van der Waals surface area contributed by atoms with Crippen molar-refractivity contribution in [2.24, 2.45) is 46.3 Å². The van der Waals surface area contributed by atoms with Crippen LogP contribution in [0.3, 0.4) is 0 Å². The molecule has 8 atom stereocenters. The van der Waals surface area contributed by atoms with Crippen molar-refractivity contribution in [1.29, 1.82) is 0 Å². The third-order valence-electron chi connectivity index (χ3n) is 13.7. The molecular weight excluding hydrogens is 652 g/mol. The van der Waals surface area contributed by atoms with E-state index in [2.05, 4.69) is 40.7 Å². The Morgan fingerprint density at radius 3 is 2.15 bits per heavy atom. The number of esters is 3. The Morgan fingerprint density at radius 1 is 0.769 bits per heavy atom. The van der Waals surface area contributed by atoms with Crippen molar-refractivity contribution in [3.8, 4) is 17.2 Å². The molecule has 7 nitrogen and oxygen atoms in total. The molecule has 0 heterocycles. The van der Waals surface area contributed by atoms with E-state index in [9.17, 15) is 14.4 Å². The summed E-state index contributed by atoms with van der Waals surface area (Å²) in [6.45, 7) is 12.4. The van der Waals surface area contributed by atoms with E-state index < -0.39 is 11.9 Å². The zero-order valence-electron chi connectivity index (χ0n) is 32.3. The normalized spacial score (nSPS) is 29.9. The molecule has 4 aliphatic carbocycles. The lowest BCUT2D eigenvalue weighted by atomic mass is 9.47. The minimum Gasteiger partial charge on any atom is -0.497 e. The van der Waals surface area contributed by atoms with Crippen LogP contribution in [0.25, 0.3) is 0 Å². The van der Waals surface area contributed by atoms with Gasteiger partial charge in [0.25, 0.3) is 0 Å². The molecule has 6 rings (SSSR count). The number of methoxy groups -OCH3 is 1. The molecule has 7 heteroatoms. The molecular formula is C45H60O7. The fraction of sp³-hybridized carbons (Fsp3) is 0.622. The number of fused-ring (bicyclic) bond motifs is 5. The number of rotatable bonds is 13. The van der Waals surface area contributed by atoms with Crippen molar-refractivity contribution in [2.45, 2.75) is 124 Å². The Balaban J connectivity index is 0.953. The lowest BCUT2D eigenvalue weighted by Gasteiger charge is -2.58. The summed E-state index contributed by atoms with van der Waals surface area (Å²) < 4.78 is 21.9. The van der Waals surface area contributed by atoms with Crippen molar-refractivity contribution in [1.82, 2.24) is 0 Å². The van der Waals surface area contributed by atoms with Crippen molar-refractivity contribution in [3.63, 3.8) is 0 Å². The minimum atomic E-state index is -0.528. The topological polar surface area (TPSA) is 88.1 Å². The van der Waals surface area contributed by atoms with Crippen LogP contribution in [-0.2, 0) is 14.3 Å². The van der Waals surface area contributed by atoms with E-state index >= 15 is 0 Å². The molecule has 0 unspecified atom stereocenters. The fourth-order valence-corrected chi connectivity index (χ4v) is 10.9. The van der Waals surface area contributed by atoms with Gasteiger partial charge < -0.3 is 18.9 Å². The zero-order valence-corrected chi connectivity index (χ0v) is 32.3. The van der Waals surface area contributed by atoms with Gasteiger partial charge in [-0.05, 0) is 140 Å². The maximum atomic E-state index is 12.9. The molecule has 0 spiro atoms. The Morgan fingerprint density at radius 2 is 1.44 bits per heavy atom. The lowest BCUT2D eigenvalue weighted by molar-refractivity contribution is -0.153. The van der Waals surface area contributed by atoms with Crippen LogP contribution in [0.2, 0.25) is 0 Å². The number of benzene rings is 2. The molecule has 0 bridgehead atoms. The second-order valence-electron chi connectivity index (χ2n) is 17.2. The molecule has 0 N–H and O–H groups in total. The van der Waals surface area contributed by atoms with Gasteiger partial charge in [0.05, 0.1) is 25.5 Å². The molecule has 3 saturated carbocycles. The van der Waals surface area contributed by atoms with Crippen molar-refractivity contribution in [2.75, 3.05) is 7.11 Å². The number of hydrogen-bond acceptors (Lipinski definition) is 7. The van der Waals surface area contributed by atoms with Crippen LogP contribution in [0.1, 0.15) is 128 Å². The van der Waals surface area contributed by atoms with E-state index in [1.54, 1.807) is 31.4 Å². The molecule has 0 aliphatic heterocycles. The van der Waals surface area contributed by atoms with E-state index in [0.29, 0.717) is 28.2 Å². The molecule has 52 heavy (non-hydrogen) atoms. The van der Waals surface area contributed by atoms with Crippen molar-refractivity contribution in [3.05, 3.63) is 65.7 Å². The highest BCUT2D eigenvalue weighted by molar-refractivity contribution is 5.91. The highest BCUT2D eigenvalue weighted by atomic mass is 16.5. The first kappa shape index (κ1) is 38.1. The summed E-state index contributed by atoms with van der Waals surface area (Å²) >= 11 is 0. The van der Waals surface area contributed by atoms with Crippen LogP contribution >= 0.6 is 0 Å². The lowest BCUT2D eigenvalue weighted by Crippen LogP contribution is -2.51. The molecule has 2 aromatic carbocycles. The Bertz CT molecular complexity index is 1590.